The van der Waals surface area contributed by atoms with E-state index >= 15 is 0 Å². The van der Waals surface area contributed by atoms with Crippen molar-refractivity contribution in [1.29, 1.82) is 0 Å². The van der Waals surface area contributed by atoms with Crippen molar-refractivity contribution in [3.63, 3.8) is 0 Å². The Morgan fingerprint density at radius 3 is 2.35 bits per heavy atom. The van der Waals surface area contributed by atoms with Gasteiger partial charge in [-0.3, -0.25) is 0 Å². The summed E-state index contributed by atoms with van der Waals surface area (Å²) in [6.07, 6.45) is 1.00. The fourth-order valence-corrected chi connectivity index (χ4v) is 1.90. The van der Waals surface area contributed by atoms with E-state index in [1.54, 1.807) is 7.11 Å². The van der Waals surface area contributed by atoms with Crippen molar-refractivity contribution < 1.29 is 4.74 Å². The highest BCUT2D eigenvalue weighted by Crippen LogP contribution is 2.26. The first-order valence-electron chi connectivity index (χ1n) is 6.23. The molecule has 0 bridgehead atoms. The lowest BCUT2D eigenvalue weighted by atomic mass is 10.0. The topological polar surface area (TPSA) is 21.3 Å². The van der Waals surface area contributed by atoms with E-state index in [2.05, 4.69) is 52.1 Å². The van der Waals surface area contributed by atoms with Crippen LogP contribution in [0.5, 0.6) is 5.75 Å². The van der Waals surface area contributed by atoms with Crippen LogP contribution in [0.1, 0.15) is 37.5 Å². The summed E-state index contributed by atoms with van der Waals surface area (Å²) in [4.78, 5) is 0. The van der Waals surface area contributed by atoms with E-state index in [9.17, 15) is 0 Å². The zero-order valence-electron chi connectivity index (χ0n) is 12.0. The molecule has 0 spiro atoms. The molecule has 0 fully saturated rings. The number of hydrogen-bond acceptors (Lipinski definition) is 2. The fourth-order valence-electron chi connectivity index (χ4n) is 1.90. The lowest BCUT2D eigenvalue weighted by Crippen LogP contribution is -2.37. The lowest BCUT2D eigenvalue weighted by Gasteiger charge is -2.21. The molecule has 1 rings (SSSR count). The molecule has 1 aromatic carbocycles. The molecule has 0 atom stereocenters. The van der Waals surface area contributed by atoms with Gasteiger partial charge in [0.05, 0.1) is 7.11 Å². The zero-order valence-corrected chi connectivity index (χ0v) is 12.0. The Bertz CT molecular complexity index is 377. The van der Waals surface area contributed by atoms with Gasteiger partial charge in [0.25, 0.3) is 0 Å². The Hall–Kier alpha value is -1.02. The molecule has 96 valence electrons. The maximum atomic E-state index is 5.51. The second-order valence-electron chi connectivity index (χ2n) is 5.63. The predicted octanol–water partition coefficient (Wildman–Crippen LogP) is 3.24. The average Bonchev–Trinajstić information content (AvgIpc) is 2.22. The maximum Gasteiger partial charge on any atom is 0.125 e. The van der Waals surface area contributed by atoms with Gasteiger partial charge in [0.1, 0.15) is 5.75 Å². The minimum Gasteiger partial charge on any atom is -0.496 e. The second kappa shape index (κ2) is 5.54. The van der Waals surface area contributed by atoms with Crippen molar-refractivity contribution in [2.75, 3.05) is 13.7 Å². The zero-order chi connectivity index (χ0) is 13.1. The number of aryl methyl sites for hydroxylation is 1. The summed E-state index contributed by atoms with van der Waals surface area (Å²) >= 11 is 0. The molecule has 17 heavy (non-hydrogen) atoms. The van der Waals surface area contributed by atoms with Crippen LogP contribution in [-0.4, -0.2) is 19.2 Å². The third kappa shape index (κ3) is 4.04. The Balaban J connectivity index is 2.75. The molecule has 0 aliphatic carbocycles. The third-order valence-corrected chi connectivity index (χ3v) is 3.01. The first-order valence-corrected chi connectivity index (χ1v) is 6.23. The molecule has 0 saturated carbocycles. The Morgan fingerprint density at radius 1 is 1.18 bits per heavy atom. The predicted molar refractivity (Wildman–Crippen MR) is 73.9 cm³/mol. The summed E-state index contributed by atoms with van der Waals surface area (Å²) in [6, 6.07) is 4.34. The van der Waals surface area contributed by atoms with E-state index in [1.165, 1.54) is 16.7 Å². The second-order valence-corrected chi connectivity index (χ2v) is 5.63. The summed E-state index contributed by atoms with van der Waals surface area (Å²) in [7, 11) is 1.75. The standard InChI is InChI=1S/C15H25NO/c1-11-7-8-13(14(17-6)12(11)2)9-10-16-15(3,4)5/h7-8,16H,9-10H2,1-6H3. The lowest BCUT2D eigenvalue weighted by molar-refractivity contribution is 0.399. The Labute approximate surface area is 105 Å². The molecular formula is C15H25NO. The van der Waals surface area contributed by atoms with Gasteiger partial charge in [-0.15, -0.1) is 0 Å². The number of rotatable bonds is 4. The summed E-state index contributed by atoms with van der Waals surface area (Å²) in [5.41, 5.74) is 4.00. The summed E-state index contributed by atoms with van der Waals surface area (Å²) in [5.74, 6) is 1.04. The van der Waals surface area contributed by atoms with Crippen molar-refractivity contribution >= 4 is 0 Å². The molecule has 2 heteroatoms. The maximum absolute atomic E-state index is 5.51. The van der Waals surface area contributed by atoms with Crippen LogP contribution >= 0.6 is 0 Å². The Morgan fingerprint density at radius 2 is 1.82 bits per heavy atom. The molecule has 0 saturated heterocycles. The molecule has 0 aliphatic rings. The molecule has 0 unspecified atom stereocenters. The van der Waals surface area contributed by atoms with Gasteiger partial charge >= 0.3 is 0 Å². The average molecular weight is 235 g/mol. The van der Waals surface area contributed by atoms with Crippen LogP contribution in [0.25, 0.3) is 0 Å². The molecule has 2 nitrogen and oxygen atoms in total. The van der Waals surface area contributed by atoms with Gasteiger partial charge in [0.2, 0.25) is 0 Å². The van der Waals surface area contributed by atoms with E-state index in [-0.39, 0.29) is 5.54 Å². The Kier molecular flexibility index (Phi) is 4.58. The largest absolute Gasteiger partial charge is 0.496 e. The first kappa shape index (κ1) is 14.0. The van der Waals surface area contributed by atoms with Crippen LogP contribution in [0.4, 0.5) is 0 Å². The number of ether oxygens (including phenoxy) is 1. The van der Waals surface area contributed by atoms with Crippen molar-refractivity contribution in [2.24, 2.45) is 0 Å². The van der Waals surface area contributed by atoms with E-state index in [0.717, 1.165) is 18.7 Å². The molecule has 0 heterocycles. The van der Waals surface area contributed by atoms with Gasteiger partial charge in [-0.25, -0.2) is 0 Å². The van der Waals surface area contributed by atoms with Crippen LogP contribution in [-0.2, 0) is 6.42 Å². The molecule has 1 N–H and O–H groups in total. The number of benzene rings is 1. The monoisotopic (exact) mass is 235 g/mol. The van der Waals surface area contributed by atoms with Crippen LogP contribution in [0.2, 0.25) is 0 Å². The van der Waals surface area contributed by atoms with Gasteiger partial charge < -0.3 is 10.1 Å². The normalized spacial score (nSPS) is 11.6. The van der Waals surface area contributed by atoms with Crippen molar-refractivity contribution in [1.82, 2.24) is 5.32 Å². The highest BCUT2D eigenvalue weighted by atomic mass is 16.5. The highest BCUT2D eigenvalue weighted by Gasteiger charge is 2.11. The number of nitrogens with one attached hydrogen (secondary N) is 1. The SMILES string of the molecule is COc1c(CCNC(C)(C)C)ccc(C)c1C. The summed E-state index contributed by atoms with van der Waals surface area (Å²) < 4.78 is 5.51. The van der Waals surface area contributed by atoms with Gasteiger partial charge in [0.15, 0.2) is 0 Å². The van der Waals surface area contributed by atoms with E-state index in [0.29, 0.717) is 0 Å². The van der Waals surface area contributed by atoms with Gasteiger partial charge in [-0.1, -0.05) is 12.1 Å². The van der Waals surface area contributed by atoms with Crippen LogP contribution in [0.3, 0.4) is 0 Å². The van der Waals surface area contributed by atoms with Crippen molar-refractivity contribution in [3.05, 3.63) is 28.8 Å². The van der Waals surface area contributed by atoms with E-state index in [4.69, 9.17) is 4.74 Å². The molecule has 0 aliphatic heterocycles. The number of methoxy groups -OCH3 is 1. The van der Waals surface area contributed by atoms with Gasteiger partial charge in [-0.05, 0) is 64.3 Å². The minimum absolute atomic E-state index is 0.174. The summed E-state index contributed by atoms with van der Waals surface area (Å²) in [6.45, 7) is 11.8. The smallest absolute Gasteiger partial charge is 0.125 e. The minimum atomic E-state index is 0.174. The van der Waals surface area contributed by atoms with Gasteiger partial charge in [0, 0.05) is 5.54 Å². The highest BCUT2D eigenvalue weighted by molar-refractivity contribution is 5.45. The van der Waals surface area contributed by atoms with Crippen molar-refractivity contribution in [2.45, 2.75) is 46.6 Å². The summed E-state index contributed by atoms with van der Waals surface area (Å²) in [5, 5.41) is 3.50. The third-order valence-electron chi connectivity index (χ3n) is 3.01. The van der Waals surface area contributed by atoms with Gasteiger partial charge in [-0.2, -0.15) is 0 Å². The molecule has 0 amide bonds. The quantitative estimate of drug-likeness (QED) is 0.865. The molecular weight excluding hydrogens is 210 g/mol. The fraction of sp³-hybridized carbons (Fsp3) is 0.600. The van der Waals surface area contributed by atoms with E-state index < -0.39 is 0 Å². The molecule has 0 radical (unpaired) electrons. The number of hydrogen-bond donors (Lipinski definition) is 1. The van der Waals surface area contributed by atoms with E-state index in [1.807, 2.05) is 0 Å². The molecule has 1 aromatic rings. The molecule has 0 aromatic heterocycles. The van der Waals surface area contributed by atoms with Crippen LogP contribution in [0.15, 0.2) is 12.1 Å². The first-order chi connectivity index (χ1) is 7.85. The van der Waals surface area contributed by atoms with Crippen LogP contribution < -0.4 is 10.1 Å². The van der Waals surface area contributed by atoms with Crippen molar-refractivity contribution in [3.8, 4) is 5.75 Å². The van der Waals surface area contributed by atoms with Crippen LogP contribution in [0, 0.1) is 13.8 Å².